The Morgan fingerprint density at radius 1 is 1.11 bits per heavy atom. The molecule has 1 heteroatoms. The quantitative estimate of drug-likeness (QED) is 0.706. The molecule has 0 radical (unpaired) electrons. The Balaban J connectivity index is 2.04. The van der Waals surface area contributed by atoms with E-state index in [1.54, 1.807) is 0 Å². The molecule has 104 valence electrons. The maximum absolute atomic E-state index is 12.6. The molecule has 1 aliphatic carbocycles. The molecule has 0 bridgehead atoms. The first-order valence-corrected chi connectivity index (χ1v) is 7.68. The van der Waals surface area contributed by atoms with E-state index in [9.17, 15) is 4.79 Å². The van der Waals surface area contributed by atoms with Crippen molar-refractivity contribution in [2.75, 3.05) is 0 Å². The second-order valence-corrected chi connectivity index (χ2v) is 6.35. The van der Waals surface area contributed by atoms with Crippen LogP contribution in [0.25, 0.3) is 0 Å². The van der Waals surface area contributed by atoms with Crippen LogP contribution in [-0.4, -0.2) is 5.78 Å². The van der Waals surface area contributed by atoms with E-state index in [0.717, 1.165) is 18.8 Å². The van der Waals surface area contributed by atoms with Gasteiger partial charge in [-0.15, -0.1) is 0 Å². The molecule has 1 aromatic carbocycles. The van der Waals surface area contributed by atoms with Gasteiger partial charge in [-0.1, -0.05) is 62.9 Å². The van der Waals surface area contributed by atoms with Gasteiger partial charge in [-0.05, 0) is 31.2 Å². The van der Waals surface area contributed by atoms with Crippen molar-refractivity contribution in [1.82, 2.24) is 0 Å². The van der Waals surface area contributed by atoms with Crippen LogP contribution in [0.4, 0.5) is 0 Å². The summed E-state index contributed by atoms with van der Waals surface area (Å²) in [4.78, 5) is 12.6. The lowest BCUT2D eigenvalue weighted by molar-refractivity contribution is -0.124. The van der Waals surface area contributed by atoms with E-state index in [4.69, 9.17) is 0 Å². The van der Waals surface area contributed by atoms with Crippen LogP contribution in [0.15, 0.2) is 24.3 Å². The highest BCUT2D eigenvalue weighted by atomic mass is 16.1. The van der Waals surface area contributed by atoms with E-state index in [1.165, 1.54) is 30.4 Å². The summed E-state index contributed by atoms with van der Waals surface area (Å²) >= 11 is 0. The maximum Gasteiger partial charge on any atom is 0.143 e. The second kappa shape index (κ2) is 6.36. The number of carbonyl (C=O) groups excluding carboxylic acids is 1. The first-order valence-electron chi connectivity index (χ1n) is 7.68. The molecular formula is C18H26O. The summed E-state index contributed by atoms with van der Waals surface area (Å²) in [6.45, 7) is 6.47. The van der Waals surface area contributed by atoms with Gasteiger partial charge in [-0.25, -0.2) is 0 Å². The molecule has 0 amide bonds. The van der Waals surface area contributed by atoms with E-state index < -0.39 is 0 Å². The molecule has 0 aliphatic heterocycles. The van der Waals surface area contributed by atoms with Crippen molar-refractivity contribution in [2.24, 2.45) is 11.8 Å². The van der Waals surface area contributed by atoms with Crippen LogP contribution in [-0.2, 0) is 4.79 Å². The van der Waals surface area contributed by atoms with Gasteiger partial charge in [0, 0.05) is 11.8 Å². The number of carbonyl (C=O) groups is 1. The molecule has 0 N–H and O–H groups in total. The van der Waals surface area contributed by atoms with Crippen LogP contribution in [0.5, 0.6) is 0 Å². The fraction of sp³-hybridized carbons (Fsp3) is 0.611. The molecule has 1 fully saturated rings. The number of Topliss-reactive ketones (excluding diaryl/α,β-unsaturated/α-hetero) is 1. The summed E-state index contributed by atoms with van der Waals surface area (Å²) < 4.78 is 0. The molecule has 1 saturated carbocycles. The van der Waals surface area contributed by atoms with Crippen molar-refractivity contribution in [2.45, 2.75) is 58.8 Å². The predicted octanol–water partition coefficient (Wildman–Crippen LogP) is 4.88. The molecule has 0 heterocycles. The lowest BCUT2D eigenvalue weighted by Gasteiger charge is -2.18. The lowest BCUT2D eigenvalue weighted by atomic mass is 9.84. The summed E-state index contributed by atoms with van der Waals surface area (Å²) in [5.74, 6) is 1.60. The van der Waals surface area contributed by atoms with Gasteiger partial charge < -0.3 is 0 Å². The number of ketones is 1. The largest absolute Gasteiger partial charge is 0.299 e. The molecule has 0 spiro atoms. The van der Waals surface area contributed by atoms with Gasteiger partial charge >= 0.3 is 0 Å². The average molecular weight is 258 g/mol. The molecule has 19 heavy (non-hydrogen) atoms. The minimum Gasteiger partial charge on any atom is -0.299 e. The minimum atomic E-state index is 0.0546. The molecule has 1 aliphatic rings. The van der Waals surface area contributed by atoms with E-state index in [2.05, 4.69) is 45.0 Å². The van der Waals surface area contributed by atoms with Crippen LogP contribution in [0, 0.1) is 18.8 Å². The summed E-state index contributed by atoms with van der Waals surface area (Å²) in [7, 11) is 0. The fourth-order valence-corrected chi connectivity index (χ4v) is 3.14. The van der Waals surface area contributed by atoms with E-state index >= 15 is 0 Å². The van der Waals surface area contributed by atoms with Gasteiger partial charge in [0.1, 0.15) is 5.78 Å². The molecule has 3 unspecified atom stereocenters. The zero-order chi connectivity index (χ0) is 13.8. The van der Waals surface area contributed by atoms with Crippen LogP contribution >= 0.6 is 0 Å². The van der Waals surface area contributed by atoms with Crippen molar-refractivity contribution < 1.29 is 4.79 Å². The number of aryl methyl sites for hydroxylation is 1. The third-order valence-corrected chi connectivity index (χ3v) is 4.66. The van der Waals surface area contributed by atoms with Crippen LogP contribution < -0.4 is 0 Å². The van der Waals surface area contributed by atoms with Gasteiger partial charge in [0.15, 0.2) is 0 Å². The smallest absolute Gasteiger partial charge is 0.143 e. The number of rotatable bonds is 3. The summed E-state index contributed by atoms with van der Waals surface area (Å²) in [5, 5.41) is 0. The van der Waals surface area contributed by atoms with Crippen molar-refractivity contribution in [3.8, 4) is 0 Å². The topological polar surface area (TPSA) is 17.1 Å². The Morgan fingerprint density at radius 3 is 2.47 bits per heavy atom. The first-order chi connectivity index (χ1) is 9.08. The van der Waals surface area contributed by atoms with E-state index in [-0.39, 0.29) is 5.92 Å². The standard InChI is InChI=1S/C18H26O/c1-13-5-4-6-17(12-9-13)18(19)15(3)16-10-7-14(2)8-11-16/h7-8,10-11,13,15,17H,4-6,9,12H2,1-3H3. The molecule has 3 atom stereocenters. The zero-order valence-electron chi connectivity index (χ0n) is 12.5. The highest BCUT2D eigenvalue weighted by Crippen LogP contribution is 2.31. The highest BCUT2D eigenvalue weighted by molar-refractivity contribution is 5.87. The van der Waals surface area contributed by atoms with Gasteiger partial charge in [0.25, 0.3) is 0 Å². The molecule has 0 saturated heterocycles. The first kappa shape index (κ1) is 14.3. The van der Waals surface area contributed by atoms with Crippen LogP contribution in [0.3, 0.4) is 0 Å². The minimum absolute atomic E-state index is 0.0546. The van der Waals surface area contributed by atoms with Gasteiger partial charge in [-0.3, -0.25) is 4.79 Å². The third-order valence-electron chi connectivity index (χ3n) is 4.66. The Bertz CT molecular complexity index is 418. The van der Waals surface area contributed by atoms with Crippen molar-refractivity contribution in [1.29, 1.82) is 0 Å². The highest BCUT2D eigenvalue weighted by Gasteiger charge is 2.26. The molecule has 1 nitrogen and oxygen atoms in total. The molecule has 0 aromatic heterocycles. The summed E-state index contributed by atoms with van der Waals surface area (Å²) in [6.07, 6.45) is 5.92. The SMILES string of the molecule is Cc1ccc(C(C)C(=O)C2CCCC(C)CC2)cc1. The second-order valence-electron chi connectivity index (χ2n) is 6.35. The Hall–Kier alpha value is -1.11. The summed E-state index contributed by atoms with van der Waals surface area (Å²) in [5.41, 5.74) is 2.43. The van der Waals surface area contributed by atoms with Crippen molar-refractivity contribution in [3.63, 3.8) is 0 Å². The zero-order valence-corrected chi connectivity index (χ0v) is 12.5. The van der Waals surface area contributed by atoms with Crippen molar-refractivity contribution >= 4 is 5.78 Å². The van der Waals surface area contributed by atoms with Gasteiger partial charge in [0.05, 0.1) is 0 Å². The predicted molar refractivity (Wildman–Crippen MR) is 80.3 cm³/mol. The van der Waals surface area contributed by atoms with Crippen molar-refractivity contribution in [3.05, 3.63) is 35.4 Å². The molecule has 1 aromatic rings. The number of benzene rings is 1. The monoisotopic (exact) mass is 258 g/mol. The average Bonchev–Trinajstić information content (AvgIpc) is 2.63. The summed E-state index contributed by atoms with van der Waals surface area (Å²) in [6, 6.07) is 8.43. The van der Waals surface area contributed by atoms with Gasteiger partial charge in [-0.2, -0.15) is 0 Å². The lowest BCUT2D eigenvalue weighted by Crippen LogP contribution is -2.20. The van der Waals surface area contributed by atoms with Gasteiger partial charge in [0.2, 0.25) is 0 Å². The Kier molecular flexibility index (Phi) is 4.79. The van der Waals surface area contributed by atoms with Crippen LogP contribution in [0.2, 0.25) is 0 Å². The normalized spacial score (nSPS) is 25.6. The Labute approximate surface area is 117 Å². The third kappa shape index (κ3) is 3.68. The van der Waals surface area contributed by atoms with E-state index in [1.807, 2.05) is 0 Å². The number of hydrogen-bond donors (Lipinski definition) is 0. The number of hydrogen-bond acceptors (Lipinski definition) is 1. The van der Waals surface area contributed by atoms with Crippen LogP contribution in [0.1, 0.15) is 63.0 Å². The molecule has 2 rings (SSSR count). The fourth-order valence-electron chi connectivity index (χ4n) is 3.14. The Morgan fingerprint density at radius 2 is 1.79 bits per heavy atom. The maximum atomic E-state index is 12.6. The van der Waals surface area contributed by atoms with E-state index in [0.29, 0.717) is 11.7 Å². The molecular weight excluding hydrogens is 232 g/mol.